The zero-order chi connectivity index (χ0) is 17.7. The predicted molar refractivity (Wildman–Crippen MR) is 85.1 cm³/mol. The first-order valence-electron chi connectivity index (χ1n) is 6.90. The number of halogens is 5. The van der Waals surface area contributed by atoms with Crippen LogP contribution in [-0.4, -0.2) is 18.1 Å². The highest BCUT2D eigenvalue weighted by Gasteiger charge is 2.30. The third-order valence-electron chi connectivity index (χ3n) is 3.00. The molecule has 0 saturated carbocycles. The van der Waals surface area contributed by atoms with E-state index < -0.39 is 6.36 Å². The zero-order valence-corrected chi connectivity index (χ0v) is 13.8. The molecule has 24 heavy (non-hydrogen) atoms. The molecule has 2 rings (SSSR count). The van der Waals surface area contributed by atoms with Gasteiger partial charge in [0.15, 0.2) is 5.75 Å². The predicted octanol–water partition coefficient (Wildman–Crippen LogP) is 5.61. The van der Waals surface area contributed by atoms with Crippen LogP contribution in [0, 0.1) is 0 Å². The Kier molecular flexibility index (Phi) is 6.07. The molecule has 0 bridgehead atoms. The molecular weight excluding hydrogens is 368 g/mol. The van der Waals surface area contributed by atoms with Crippen molar-refractivity contribution in [1.82, 2.24) is 0 Å². The van der Waals surface area contributed by atoms with Gasteiger partial charge in [0.1, 0.15) is 11.5 Å². The van der Waals surface area contributed by atoms with Gasteiger partial charge in [0, 0.05) is 12.1 Å². The van der Waals surface area contributed by atoms with E-state index in [0.717, 1.165) is 5.56 Å². The number of aryl methyl sites for hydroxylation is 1. The van der Waals surface area contributed by atoms with Crippen molar-refractivity contribution < 1.29 is 27.8 Å². The van der Waals surface area contributed by atoms with Crippen LogP contribution in [0.2, 0.25) is 10.0 Å². The van der Waals surface area contributed by atoms with Crippen LogP contribution in [0.25, 0.3) is 0 Å². The summed E-state index contributed by atoms with van der Waals surface area (Å²) in [5.41, 5.74) is 0.844. The van der Waals surface area contributed by atoms with Crippen molar-refractivity contribution in [2.45, 2.75) is 19.2 Å². The number of hydrogen-bond acceptors (Lipinski definition) is 3. The minimum atomic E-state index is -4.70. The van der Waals surface area contributed by atoms with Gasteiger partial charge in [-0.2, -0.15) is 0 Å². The van der Waals surface area contributed by atoms with E-state index in [1.165, 1.54) is 24.3 Å². The van der Waals surface area contributed by atoms with Gasteiger partial charge in [-0.05, 0) is 30.5 Å². The SMILES string of the molecule is Oc1cc(Cl)c(OCCCc2ccc(OC(F)(F)F)cc2)c(Cl)c1. The molecule has 0 aliphatic heterocycles. The van der Waals surface area contributed by atoms with E-state index in [1.54, 1.807) is 12.1 Å². The van der Waals surface area contributed by atoms with Crippen LogP contribution in [0.5, 0.6) is 17.2 Å². The van der Waals surface area contributed by atoms with Gasteiger partial charge >= 0.3 is 6.36 Å². The first kappa shape index (κ1) is 18.5. The molecule has 3 nitrogen and oxygen atoms in total. The van der Waals surface area contributed by atoms with Gasteiger partial charge in [-0.25, -0.2) is 0 Å². The monoisotopic (exact) mass is 380 g/mol. The summed E-state index contributed by atoms with van der Waals surface area (Å²) in [6.07, 6.45) is -3.50. The fourth-order valence-corrected chi connectivity index (χ4v) is 2.58. The van der Waals surface area contributed by atoms with Crippen LogP contribution >= 0.6 is 23.2 Å². The standard InChI is InChI=1S/C16H13Cl2F3O3/c17-13-8-11(22)9-14(18)15(13)23-7-1-2-10-3-5-12(6-4-10)24-16(19,20)21/h3-6,8-9,22H,1-2,7H2. The summed E-state index contributed by atoms with van der Waals surface area (Å²) in [6, 6.07) is 8.28. The molecule has 0 spiro atoms. The second kappa shape index (κ2) is 7.85. The topological polar surface area (TPSA) is 38.7 Å². The van der Waals surface area contributed by atoms with Crippen molar-refractivity contribution in [3.05, 3.63) is 52.0 Å². The zero-order valence-electron chi connectivity index (χ0n) is 12.2. The summed E-state index contributed by atoms with van der Waals surface area (Å²) in [4.78, 5) is 0. The van der Waals surface area contributed by atoms with E-state index in [2.05, 4.69) is 4.74 Å². The van der Waals surface area contributed by atoms with Gasteiger partial charge in [0.25, 0.3) is 0 Å². The average molecular weight is 381 g/mol. The van der Waals surface area contributed by atoms with Gasteiger partial charge in [0.2, 0.25) is 0 Å². The highest BCUT2D eigenvalue weighted by molar-refractivity contribution is 6.37. The summed E-state index contributed by atoms with van der Waals surface area (Å²) in [7, 11) is 0. The van der Waals surface area contributed by atoms with E-state index in [0.29, 0.717) is 19.4 Å². The largest absolute Gasteiger partial charge is 0.573 e. The van der Waals surface area contributed by atoms with Gasteiger partial charge < -0.3 is 14.6 Å². The maximum atomic E-state index is 12.1. The van der Waals surface area contributed by atoms with E-state index in [9.17, 15) is 18.3 Å². The molecule has 0 saturated heterocycles. The normalized spacial score (nSPS) is 11.4. The molecule has 0 unspecified atom stereocenters. The average Bonchev–Trinajstić information content (AvgIpc) is 2.45. The minimum Gasteiger partial charge on any atom is -0.508 e. The highest BCUT2D eigenvalue weighted by atomic mass is 35.5. The van der Waals surface area contributed by atoms with Crippen LogP contribution in [0.4, 0.5) is 13.2 Å². The fraction of sp³-hybridized carbons (Fsp3) is 0.250. The molecule has 0 fully saturated rings. The Hall–Kier alpha value is -1.79. The lowest BCUT2D eigenvalue weighted by Crippen LogP contribution is -2.17. The lowest BCUT2D eigenvalue weighted by atomic mass is 10.1. The van der Waals surface area contributed by atoms with Crippen molar-refractivity contribution in [1.29, 1.82) is 0 Å². The van der Waals surface area contributed by atoms with E-state index in [1.807, 2.05) is 0 Å². The fourth-order valence-electron chi connectivity index (χ4n) is 1.99. The van der Waals surface area contributed by atoms with Gasteiger partial charge in [-0.3, -0.25) is 0 Å². The molecule has 0 aromatic heterocycles. The molecule has 0 radical (unpaired) electrons. The van der Waals surface area contributed by atoms with Crippen molar-refractivity contribution in [2.75, 3.05) is 6.61 Å². The van der Waals surface area contributed by atoms with Crippen molar-refractivity contribution >= 4 is 23.2 Å². The molecular formula is C16H13Cl2F3O3. The third-order valence-corrected chi connectivity index (χ3v) is 3.56. The Bertz CT molecular complexity index is 665. The number of aromatic hydroxyl groups is 1. The van der Waals surface area contributed by atoms with Crippen molar-refractivity contribution in [3.8, 4) is 17.2 Å². The molecule has 2 aromatic rings. The quantitative estimate of drug-likeness (QED) is 0.662. The number of alkyl halides is 3. The number of benzene rings is 2. The smallest absolute Gasteiger partial charge is 0.508 e. The number of ether oxygens (including phenoxy) is 2. The van der Waals surface area contributed by atoms with Gasteiger partial charge in [-0.1, -0.05) is 35.3 Å². The highest BCUT2D eigenvalue weighted by Crippen LogP contribution is 2.36. The molecule has 0 heterocycles. The number of phenols is 1. The van der Waals surface area contributed by atoms with Crippen molar-refractivity contribution in [3.63, 3.8) is 0 Å². The molecule has 0 aliphatic carbocycles. The summed E-state index contributed by atoms with van der Waals surface area (Å²) in [6.45, 7) is 0.311. The number of hydrogen-bond donors (Lipinski definition) is 1. The lowest BCUT2D eigenvalue weighted by molar-refractivity contribution is -0.274. The van der Waals surface area contributed by atoms with Crippen LogP contribution in [0.15, 0.2) is 36.4 Å². The Balaban J connectivity index is 1.83. The molecule has 0 aliphatic rings. The third kappa shape index (κ3) is 5.69. The summed E-state index contributed by atoms with van der Waals surface area (Å²) < 4.78 is 45.5. The Morgan fingerprint density at radius 3 is 2.12 bits per heavy atom. The van der Waals surface area contributed by atoms with Gasteiger partial charge in [-0.15, -0.1) is 13.2 Å². The minimum absolute atomic E-state index is 0.0569. The van der Waals surface area contributed by atoms with E-state index >= 15 is 0 Å². The van der Waals surface area contributed by atoms with Crippen LogP contribution in [-0.2, 0) is 6.42 Å². The first-order valence-corrected chi connectivity index (χ1v) is 7.66. The summed E-state index contributed by atoms with van der Waals surface area (Å²) in [5, 5.41) is 9.73. The molecule has 0 atom stereocenters. The molecule has 8 heteroatoms. The van der Waals surface area contributed by atoms with Gasteiger partial charge in [0.05, 0.1) is 16.7 Å². The van der Waals surface area contributed by atoms with Crippen LogP contribution in [0.3, 0.4) is 0 Å². The molecule has 1 N–H and O–H groups in total. The molecule has 130 valence electrons. The Morgan fingerprint density at radius 1 is 1.00 bits per heavy atom. The lowest BCUT2D eigenvalue weighted by Gasteiger charge is -2.11. The van der Waals surface area contributed by atoms with Crippen LogP contribution < -0.4 is 9.47 Å². The van der Waals surface area contributed by atoms with E-state index in [4.69, 9.17) is 27.9 Å². The second-order valence-electron chi connectivity index (χ2n) is 4.88. The summed E-state index contributed by atoms with van der Waals surface area (Å²) >= 11 is 11.9. The number of rotatable bonds is 6. The Morgan fingerprint density at radius 2 is 1.58 bits per heavy atom. The van der Waals surface area contributed by atoms with Crippen molar-refractivity contribution in [2.24, 2.45) is 0 Å². The second-order valence-corrected chi connectivity index (χ2v) is 5.70. The molecule has 0 amide bonds. The Labute approximate surface area is 146 Å². The molecule has 2 aromatic carbocycles. The summed E-state index contributed by atoms with van der Waals surface area (Å²) in [5.74, 6) is -0.0336. The van der Waals surface area contributed by atoms with Crippen LogP contribution in [0.1, 0.15) is 12.0 Å². The first-order chi connectivity index (χ1) is 11.2. The number of phenolic OH excluding ortho intramolecular Hbond substituents is 1. The van der Waals surface area contributed by atoms with E-state index in [-0.39, 0.29) is 27.3 Å². The maximum absolute atomic E-state index is 12.1. The maximum Gasteiger partial charge on any atom is 0.573 e.